The van der Waals surface area contributed by atoms with Gasteiger partial charge >= 0.3 is 6.18 Å². The Hall–Kier alpha value is -2.93. The van der Waals surface area contributed by atoms with Crippen molar-refractivity contribution in [3.63, 3.8) is 0 Å². The quantitative estimate of drug-likeness (QED) is 0.790. The minimum Gasteiger partial charge on any atom is -0.368 e. The van der Waals surface area contributed by atoms with Crippen LogP contribution >= 0.6 is 0 Å². The molecule has 0 bridgehead atoms. The number of anilines is 1. The zero-order valence-electron chi connectivity index (χ0n) is 10.5. The van der Waals surface area contributed by atoms with E-state index in [4.69, 9.17) is 5.73 Å². The minimum atomic E-state index is -4.59. The lowest BCUT2D eigenvalue weighted by Gasteiger charge is -2.11. The van der Waals surface area contributed by atoms with Gasteiger partial charge in [-0.2, -0.15) is 13.2 Å². The van der Waals surface area contributed by atoms with Crippen molar-refractivity contribution >= 4 is 5.95 Å². The number of nitrogens with one attached hydrogen (secondary N) is 1. The SMILES string of the molecule is Nc1ncc(C(F)(F)F)c(-c2c[nH]c3c2C#CCC#C3)n1. The number of nitrogens with zero attached hydrogens (tertiary/aromatic N) is 2. The van der Waals surface area contributed by atoms with Crippen LogP contribution in [0.2, 0.25) is 0 Å². The Morgan fingerprint density at radius 3 is 2.76 bits per heavy atom. The smallest absolute Gasteiger partial charge is 0.368 e. The lowest BCUT2D eigenvalue weighted by molar-refractivity contribution is -0.137. The van der Waals surface area contributed by atoms with Crippen LogP contribution in [0.5, 0.6) is 0 Å². The molecule has 7 heteroatoms. The summed E-state index contributed by atoms with van der Waals surface area (Å²) in [5, 5.41) is 0. The van der Waals surface area contributed by atoms with E-state index in [1.165, 1.54) is 6.20 Å². The molecule has 2 aromatic heterocycles. The number of nitrogen functional groups attached to an aromatic ring is 1. The van der Waals surface area contributed by atoms with Crippen molar-refractivity contribution in [2.75, 3.05) is 5.73 Å². The molecule has 1 aliphatic carbocycles. The third-order valence-corrected chi connectivity index (χ3v) is 2.85. The highest BCUT2D eigenvalue weighted by Gasteiger charge is 2.36. The molecule has 2 aromatic rings. The van der Waals surface area contributed by atoms with Gasteiger partial charge in [0.05, 0.1) is 17.7 Å². The number of aromatic amines is 1. The van der Waals surface area contributed by atoms with Crippen LogP contribution in [0.3, 0.4) is 0 Å². The molecule has 0 fully saturated rings. The number of fused-ring (bicyclic) bond motifs is 1. The van der Waals surface area contributed by atoms with Crippen molar-refractivity contribution in [1.29, 1.82) is 0 Å². The lowest BCUT2D eigenvalue weighted by Crippen LogP contribution is -2.11. The van der Waals surface area contributed by atoms with Crippen LogP contribution in [-0.2, 0) is 6.18 Å². The normalized spacial score (nSPS) is 12.5. The number of hydrogen-bond donors (Lipinski definition) is 2. The predicted molar refractivity (Wildman–Crippen MR) is 69.6 cm³/mol. The molecule has 104 valence electrons. The molecule has 0 aliphatic heterocycles. The number of hydrogen-bond acceptors (Lipinski definition) is 3. The first-order chi connectivity index (χ1) is 9.97. The fraction of sp³-hybridized carbons (Fsp3) is 0.143. The number of halogens is 3. The van der Waals surface area contributed by atoms with E-state index in [0.29, 0.717) is 23.9 Å². The second kappa shape index (κ2) is 4.57. The summed E-state index contributed by atoms with van der Waals surface area (Å²) in [6.45, 7) is 0. The van der Waals surface area contributed by atoms with E-state index in [1.807, 2.05) is 0 Å². The van der Waals surface area contributed by atoms with Gasteiger partial charge in [-0.1, -0.05) is 17.8 Å². The van der Waals surface area contributed by atoms with Crippen molar-refractivity contribution in [2.24, 2.45) is 0 Å². The highest BCUT2D eigenvalue weighted by Crippen LogP contribution is 2.37. The van der Waals surface area contributed by atoms with Crippen LogP contribution in [0.4, 0.5) is 19.1 Å². The van der Waals surface area contributed by atoms with E-state index in [9.17, 15) is 13.2 Å². The van der Waals surface area contributed by atoms with E-state index in [-0.39, 0.29) is 17.2 Å². The molecule has 3 N–H and O–H groups in total. The molecular formula is C14H7F3N4. The molecule has 2 heterocycles. The number of rotatable bonds is 1. The molecular weight excluding hydrogens is 281 g/mol. The summed E-state index contributed by atoms with van der Waals surface area (Å²) >= 11 is 0. The molecule has 1 aliphatic rings. The molecule has 0 radical (unpaired) electrons. The van der Waals surface area contributed by atoms with Crippen LogP contribution in [0, 0.1) is 23.7 Å². The summed E-state index contributed by atoms with van der Waals surface area (Å²) in [5.74, 6) is 10.9. The Balaban J connectivity index is 2.27. The molecule has 0 atom stereocenters. The Morgan fingerprint density at radius 2 is 2.00 bits per heavy atom. The summed E-state index contributed by atoms with van der Waals surface area (Å²) in [7, 11) is 0. The zero-order chi connectivity index (χ0) is 15.0. The van der Waals surface area contributed by atoms with Gasteiger partial charge in [0.1, 0.15) is 11.3 Å². The Kier molecular flexibility index (Phi) is 2.84. The number of H-pyrrole nitrogens is 1. The maximum absolute atomic E-state index is 13.1. The minimum absolute atomic E-state index is 0.218. The molecule has 4 nitrogen and oxygen atoms in total. The number of alkyl halides is 3. The van der Waals surface area contributed by atoms with Crippen molar-refractivity contribution in [2.45, 2.75) is 12.6 Å². The van der Waals surface area contributed by atoms with E-state index in [0.717, 1.165) is 0 Å². The van der Waals surface area contributed by atoms with Gasteiger partial charge in [-0.25, -0.2) is 9.97 Å². The van der Waals surface area contributed by atoms with Gasteiger partial charge in [0.15, 0.2) is 0 Å². The van der Waals surface area contributed by atoms with Gasteiger partial charge in [0, 0.05) is 18.0 Å². The molecule has 0 saturated heterocycles. The van der Waals surface area contributed by atoms with Gasteiger partial charge in [0.2, 0.25) is 5.95 Å². The first-order valence-electron chi connectivity index (χ1n) is 5.86. The number of nitrogens with two attached hydrogens (primary N) is 1. The van der Waals surface area contributed by atoms with E-state index >= 15 is 0 Å². The monoisotopic (exact) mass is 288 g/mol. The summed E-state index contributed by atoms with van der Waals surface area (Å²) in [6, 6.07) is 0. The number of aromatic nitrogens is 3. The van der Waals surface area contributed by atoms with Crippen molar-refractivity contribution in [3.8, 4) is 34.9 Å². The van der Waals surface area contributed by atoms with Gasteiger partial charge in [-0.3, -0.25) is 0 Å². The Morgan fingerprint density at radius 1 is 1.24 bits per heavy atom. The fourth-order valence-electron chi connectivity index (χ4n) is 1.96. The van der Waals surface area contributed by atoms with Crippen LogP contribution < -0.4 is 5.73 Å². The van der Waals surface area contributed by atoms with Gasteiger partial charge in [-0.05, 0) is 5.92 Å². The summed E-state index contributed by atoms with van der Waals surface area (Å²) < 4.78 is 39.3. The van der Waals surface area contributed by atoms with Crippen LogP contribution in [0.15, 0.2) is 12.4 Å². The lowest BCUT2D eigenvalue weighted by atomic mass is 10.0. The third kappa shape index (κ3) is 2.30. The molecule has 0 unspecified atom stereocenters. The average molecular weight is 288 g/mol. The van der Waals surface area contributed by atoms with Gasteiger partial charge in [-0.15, -0.1) is 0 Å². The molecule has 0 spiro atoms. The second-order valence-electron chi connectivity index (χ2n) is 4.22. The van der Waals surface area contributed by atoms with E-state index in [1.54, 1.807) is 0 Å². The largest absolute Gasteiger partial charge is 0.419 e. The molecule has 0 aromatic carbocycles. The van der Waals surface area contributed by atoms with Gasteiger partial charge < -0.3 is 10.7 Å². The Labute approximate surface area is 117 Å². The maximum Gasteiger partial charge on any atom is 0.419 e. The molecule has 21 heavy (non-hydrogen) atoms. The molecule has 3 rings (SSSR count). The van der Waals surface area contributed by atoms with Crippen molar-refractivity contribution < 1.29 is 13.2 Å². The Bertz CT molecular complexity index is 841. The molecule has 0 amide bonds. The second-order valence-corrected chi connectivity index (χ2v) is 4.22. The van der Waals surface area contributed by atoms with Crippen molar-refractivity contribution in [1.82, 2.24) is 15.0 Å². The standard InChI is InChI=1S/C14H7F3N4/c15-14(16,17)10-7-20-13(18)21-12(10)9-6-19-11-5-3-1-2-4-8(9)11/h6-7,19H,1H2,(H2,18,20,21). The fourth-order valence-corrected chi connectivity index (χ4v) is 1.96. The average Bonchev–Trinajstić information content (AvgIpc) is 2.66. The summed E-state index contributed by atoms with van der Waals surface area (Å²) in [6.07, 6.45) is -2.15. The topological polar surface area (TPSA) is 67.6 Å². The first-order valence-corrected chi connectivity index (χ1v) is 5.86. The van der Waals surface area contributed by atoms with E-state index < -0.39 is 11.7 Å². The summed E-state index contributed by atoms with van der Waals surface area (Å²) in [4.78, 5) is 9.97. The highest BCUT2D eigenvalue weighted by molar-refractivity contribution is 5.75. The van der Waals surface area contributed by atoms with E-state index in [2.05, 4.69) is 38.6 Å². The van der Waals surface area contributed by atoms with Crippen LogP contribution in [0.1, 0.15) is 23.2 Å². The third-order valence-electron chi connectivity index (χ3n) is 2.85. The van der Waals surface area contributed by atoms with Crippen LogP contribution in [0.25, 0.3) is 11.3 Å². The first kappa shape index (κ1) is 13.1. The zero-order valence-corrected chi connectivity index (χ0v) is 10.5. The molecule has 0 saturated carbocycles. The highest BCUT2D eigenvalue weighted by atomic mass is 19.4. The van der Waals surface area contributed by atoms with Gasteiger partial charge in [0.25, 0.3) is 0 Å². The van der Waals surface area contributed by atoms with Crippen molar-refractivity contribution in [3.05, 3.63) is 29.2 Å². The van der Waals surface area contributed by atoms with Crippen LogP contribution in [-0.4, -0.2) is 15.0 Å². The summed E-state index contributed by atoms with van der Waals surface area (Å²) in [5.41, 5.74) is 5.24. The maximum atomic E-state index is 13.1. The predicted octanol–water partition coefficient (Wildman–Crippen LogP) is 2.18.